The summed E-state index contributed by atoms with van der Waals surface area (Å²) in [6.07, 6.45) is 2.67. The first kappa shape index (κ1) is 11.3. The Morgan fingerprint density at radius 2 is 2.06 bits per heavy atom. The maximum absolute atomic E-state index is 3.31. The van der Waals surface area contributed by atoms with E-state index in [2.05, 4.69) is 60.8 Å². The fraction of sp³-hybridized carbons (Fsp3) is 0.429. The average Bonchev–Trinajstić information content (AvgIpc) is 3.09. The van der Waals surface area contributed by atoms with E-state index in [1.165, 1.54) is 18.5 Å². The van der Waals surface area contributed by atoms with Crippen LogP contribution in [0.5, 0.6) is 0 Å². The summed E-state index contributed by atoms with van der Waals surface area (Å²) >= 11 is 0. The SMILES string of the molecule is CN(c1cccc(C#C[Si](C)C)c1)C1CC1. The van der Waals surface area contributed by atoms with Gasteiger partial charge in [-0.05, 0) is 31.0 Å². The molecule has 2 rings (SSSR count). The van der Waals surface area contributed by atoms with Gasteiger partial charge in [0, 0.05) is 24.3 Å². The Kier molecular flexibility index (Phi) is 3.35. The van der Waals surface area contributed by atoms with E-state index >= 15 is 0 Å². The maximum Gasteiger partial charge on any atom is 0.138 e. The van der Waals surface area contributed by atoms with Crippen molar-refractivity contribution >= 4 is 14.5 Å². The van der Waals surface area contributed by atoms with Gasteiger partial charge in [-0.15, -0.1) is 5.54 Å². The molecule has 0 atom stereocenters. The van der Waals surface area contributed by atoms with Crippen molar-refractivity contribution in [1.29, 1.82) is 0 Å². The van der Waals surface area contributed by atoms with Gasteiger partial charge in [0.05, 0.1) is 0 Å². The van der Waals surface area contributed by atoms with E-state index in [0.29, 0.717) is 0 Å². The van der Waals surface area contributed by atoms with Gasteiger partial charge >= 0.3 is 0 Å². The minimum atomic E-state index is -0.443. The summed E-state index contributed by atoms with van der Waals surface area (Å²) in [6, 6.07) is 9.35. The van der Waals surface area contributed by atoms with Crippen molar-refractivity contribution in [3.8, 4) is 11.5 Å². The molecule has 0 heterocycles. The maximum atomic E-state index is 3.31. The second kappa shape index (κ2) is 4.76. The first-order valence-electron chi connectivity index (χ1n) is 5.82. The molecule has 0 aromatic heterocycles. The molecule has 1 aromatic carbocycles. The van der Waals surface area contributed by atoms with Crippen molar-refractivity contribution in [3.63, 3.8) is 0 Å². The Balaban J connectivity index is 2.16. The molecule has 0 N–H and O–H groups in total. The Labute approximate surface area is 100 Å². The summed E-state index contributed by atoms with van der Waals surface area (Å²) in [5, 5.41) is 0. The Hall–Kier alpha value is -1.20. The minimum absolute atomic E-state index is 0.443. The molecule has 1 fully saturated rings. The first-order chi connectivity index (χ1) is 7.66. The molecule has 0 bridgehead atoms. The van der Waals surface area contributed by atoms with E-state index in [-0.39, 0.29) is 0 Å². The van der Waals surface area contributed by atoms with Gasteiger partial charge in [-0.1, -0.05) is 25.1 Å². The highest BCUT2D eigenvalue weighted by Crippen LogP contribution is 2.30. The number of hydrogen-bond acceptors (Lipinski definition) is 1. The zero-order valence-corrected chi connectivity index (χ0v) is 11.2. The molecule has 1 aromatic rings. The summed E-state index contributed by atoms with van der Waals surface area (Å²) < 4.78 is 0. The summed E-state index contributed by atoms with van der Waals surface area (Å²) in [5.41, 5.74) is 5.76. The van der Waals surface area contributed by atoms with Gasteiger partial charge in [-0.2, -0.15) is 0 Å². The molecule has 1 nitrogen and oxygen atoms in total. The minimum Gasteiger partial charge on any atom is -0.372 e. The molecular formula is C14H18NSi. The quantitative estimate of drug-likeness (QED) is 0.556. The third-order valence-electron chi connectivity index (χ3n) is 2.80. The lowest BCUT2D eigenvalue weighted by Crippen LogP contribution is -2.19. The molecule has 0 spiro atoms. The lowest BCUT2D eigenvalue weighted by atomic mass is 10.2. The van der Waals surface area contributed by atoms with Crippen LogP contribution < -0.4 is 4.90 Å². The van der Waals surface area contributed by atoms with Gasteiger partial charge in [0.15, 0.2) is 0 Å². The number of hydrogen-bond donors (Lipinski definition) is 0. The second-order valence-electron chi connectivity index (χ2n) is 4.64. The number of nitrogens with zero attached hydrogens (tertiary/aromatic N) is 1. The largest absolute Gasteiger partial charge is 0.372 e. The molecular weight excluding hydrogens is 210 g/mol. The van der Waals surface area contributed by atoms with E-state index in [1.807, 2.05) is 0 Å². The summed E-state index contributed by atoms with van der Waals surface area (Å²) in [7, 11) is 1.74. The third kappa shape index (κ3) is 2.90. The van der Waals surface area contributed by atoms with Crippen molar-refractivity contribution in [3.05, 3.63) is 29.8 Å². The van der Waals surface area contributed by atoms with Crippen LogP contribution in [0.3, 0.4) is 0 Å². The van der Waals surface area contributed by atoms with Crippen LogP contribution in [-0.2, 0) is 0 Å². The molecule has 1 radical (unpaired) electrons. The van der Waals surface area contributed by atoms with Crippen molar-refractivity contribution in [2.45, 2.75) is 32.0 Å². The average molecular weight is 228 g/mol. The van der Waals surface area contributed by atoms with Crippen LogP contribution in [0.15, 0.2) is 24.3 Å². The summed E-state index contributed by atoms with van der Waals surface area (Å²) in [6.45, 7) is 4.44. The summed E-state index contributed by atoms with van der Waals surface area (Å²) in [5.74, 6) is 3.27. The highest BCUT2D eigenvalue weighted by Gasteiger charge is 2.26. The van der Waals surface area contributed by atoms with Gasteiger partial charge in [-0.25, -0.2) is 0 Å². The molecule has 1 aliphatic rings. The zero-order valence-electron chi connectivity index (χ0n) is 10.2. The van der Waals surface area contributed by atoms with Crippen LogP contribution in [0.1, 0.15) is 18.4 Å². The Morgan fingerprint density at radius 1 is 1.31 bits per heavy atom. The molecule has 16 heavy (non-hydrogen) atoms. The number of rotatable bonds is 2. The predicted molar refractivity (Wildman–Crippen MR) is 72.2 cm³/mol. The van der Waals surface area contributed by atoms with Crippen LogP contribution in [0.2, 0.25) is 13.1 Å². The second-order valence-corrected chi connectivity index (χ2v) is 6.89. The van der Waals surface area contributed by atoms with E-state index in [4.69, 9.17) is 0 Å². The normalized spacial score (nSPS) is 14.5. The van der Waals surface area contributed by atoms with E-state index in [9.17, 15) is 0 Å². The number of benzene rings is 1. The Bertz CT molecular complexity index is 424. The van der Waals surface area contributed by atoms with Gasteiger partial charge in [-0.3, -0.25) is 0 Å². The topological polar surface area (TPSA) is 3.24 Å². The van der Waals surface area contributed by atoms with Crippen molar-refractivity contribution in [2.75, 3.05) is 11.9 Å². The molecule has 1 saturated carbocycles. The van der Waals surface area contributed by atoms with E-state index < -0.39 is 8.80 Å². The standard InChI is InChI=1S/C14H18NSi/c1-15(13-7-8-13)14-6-4-5-12(11-14)9-10-16(2)3/h4-6,11,13H,7-8H2,1-3H3. The highest BCUT2D eigenvalue weighted by molar-refractivity contribution is 6.64. The molecule has 2 heteroatoms. The molecule has 1 aliphatic carbocycles. The van der Waals surface area contributed by atoms with Crippen LogP contribution in [0.4, 0.5) is 5.69 Å². The van der Waals surface area contributed by atoms with Gasteiger partial charge in [0.1, 0.15) is 8.80 Å². The van der Waals surface area contributed by atoms with Gasteiger partial charge in [0.25, 0.3) is 0 Å². The molecule has 83 valence electrons. The van der Waals surface area contributed by atoms with Gasteiger partial charge < -0.3 is 4.90 Å². The first-order valence-corrected chi connectivity index (χ1v) is 8.32. The third-order valence-corrected chi connectivity index (χ3v) is 3.43. The van der Waals surface area contributed by atoms with Crippen LogP contribution >= 0.6 is 0 Å². The van der Waals surface area contributed by atoms with E-state index in [0.717, 1.165) is 11.6 Å². The molecule has 0 saturated heterocycles. The predicted octanol–water partition coefficient (Wildman–Crippen LogP) is 2.93. The fourth-order valence-electron chi connectivity index (χ4n) is 1.67. The summed E-state index contributed by atoms with van der Waals surface area (Å²) in [4.78, 5) is 2.37. The highest BCUT2D eigenvalue weighted by atomic mass is 28.3. The van der Waals surface area contributed by atoms with Crippen LogP contribution in [0.25, 0.3) is 0 Å². The number of anilines is 1. The smallest absolute Gasteiger partial charge is 0.138 e. The lowest BCUT2D eigenvalue weighted by Gasteiger charge is -2.18. The fourth-order valence-corrected chi connectivity index (χ4v) is 2.07. The van der Waals surface area contributed by atoms with Crippen LogP contribution in [0, 0.1) is 11.5 Å². The van der Waals surface area contributed by atoms with E-state index in [1.54, 1.807) is 0 Å². The van der Waals surface area contributed by atoms with Crippen molar-refractivity contribution in [2.24, 2.45) is 0 Å². The van der Waals surface area contributed by atoms with Crippen molar-refractivity contribution in [1.82, 2.24) is 0 Å². The Morgan fingerprint density at radius 3 is 2.69 bits per heavy atom. The monoisotopic (exact) mass is 228 g/mol. The lowest BCUT2D eigenvalue weighted by molar-refractivity contribution is 0.917. The molecule has 0 amide bonds. The zero-order chi connectivity index (χ0) is 11.5. The van der Waals surface area contributed by atoms with Crippen molar-refractivity contribution < 1.29 is 0 Å². The van der Waals surface area contributed by atoms with Crippen LogP contribution in [-0.4, -0.2) is 21.9 Å². The molecule has 0 unspecified atom stereocenters. The van der Waals surface area contributed by atoms with Gasteiger partial charge in [0.2, 0.25) is 0 Å². The molecule has 0 aliphatic heterocycles.